The van der Waals surface area contributed by atoms with E-state index in [9.17, 15) is 0 Å². The number of rotatable bonds is 8. The van der Waals surface area contributed by atoms with Gasteiger partial charge in [0.05, 0.1) is 19.3 Å². The normalized spacial score (nSPS) is 13.6. The monoisotopic (exact) mass is 262 g/mol. The first kappa shape index (κ1) is 15.5. The van der Waals surface area contributed by atoms with Crippen LogP contribution < -0.4 is 10.1 Å². The largest absolute Gasteiger partial charge is 0.494 e. The lowest BCUT2D eigenvalue weighted by atomic mass is 9.98. The zero-order valence-electron chi connectivity index (χ0n) is 11.6. The van der Waals surface area contributed by atoms with Gasteiger partial charge in [-0.2, -0.15) is 5.26 Å². The zero-order valence-corrected chi connectivity index (χ0v) is 11.6. The number of nitrogens with one attached hydrogen (secondary N) is 1. The highest BCUT2D eigenvalue weighted by Crippen LogP contribution is 2.15. The highest BCUT2D eigenvalue weighted by atomic mass is 16.5. The summed E-state index contributed by atoms with van der Waals surface area (Å²) in [5.41, 5.74) is 0.398. The maximum Gasteiger partial charge on any atom is 0.119 e. The van der Waals surface area contributed by atoms with Crippen molar-refractivity contribution in [3.8, 4) is 11.8 Å². The van der Waals surface area contributed by atoms with E-state index in [0.717, 1.165) is 30.7 Å². The van der Waals surface area contributed by atoms with Gasteiger partial charge in [0.2, 0.25) is 0 Å². The molecule has 1 aromatic rings. The van der Waals surface area contributed by atoms with Crippen LogP contribution in [0.25, 0.3) is 0 Å². The molecule has 0 saturated carbocycles. The molecule has 1 atom stereocenters. The molecule has 1 unspecified atom stereocenters. The molecule has 0 spiro atoms. The van der Waals surface area contributed by atoms with E-state index >= 15 is 0 Å². The smallest absolute Gasteiger partial charge is 0.119 e. The maximum atomic E-state index is 9.11. The van der Waals surface area contributed by atoms with Crippen LogP contribution >= 0.6 is 0 Å². The Labute approximate surface area is 115 Å². The highest BCUT2D eigenvalue weighted by Gasteiger charge is 2.21. The fourth-order valence-corrected chi connectivity index (χ4v) is 1.88. The van der Waals surface area contributed by atoms with Crippen LogP contribution in [0.5, 0.6) is 5.75 Å². The molecular weight excluding hydrogens is 240 g/mol. The Balaban J connectivity index is 2.32. The number of nitrogens with zero attached hydrogens (tertiary/aromatic N) is 1. The standard InChI is InChI=1S/C15H22N2O2/c1-3-17-15(2,12-16)9-4-10-19-14-7-5-13(11-18)6-8-14/h5-8,17-18H,3-4,9-11H2,1-2H3. The summed E-state index contributed by atoms with van der Waals surface area (Å²) in [6.45, 7) is 5.32. The fourth-order valence-electron chi connectivity index (χ4n) is 1.88. The Morgan fingerprint density at radius 1 is 1.37 bits per heavy atom. The first-order chi connectivity index (χ1) is 9.13. The van der Waals surface area contributed by atoms with Gasteiger partial charge in [0.1, 0.15) is 11.3 Å². The van der Waals surface area contributed by atoms with E-state index in [0.29, 0.717) is 6.61 Å². The van der Waals surface area contributed by atoms with E-state index in [1.807, 2.05) is 38.1 Å². The molecule has 4 heteroatoms. The lowest BCUT2D eigenvalue weighted by Gasteiger charge is -2.22. The summed E-state index contributed by atoms with van der Waals surface area (Å²) < 4.78 is 5.60. The molecule has 0 aliphatic rings. The molecule has 4 nitrogen and oxygen atoms in total. The summed E-state index contributed by atoms with van der Waals surface area (Å²) in [5, 5.41) is 21.2. The van der Waals surface area contributed by atoms with E-state index < -0.39 is 5.54 Å². The predicted molar refractivity (Wildman–Crippen MR) is 74.8 cm³/mol. The third kappa shape index (κ3) is 5.29. The Hall–Kier alpha value is -1.57. The molecule has 2 N–H and O–H groups in total. The molecule has 0 heterocycles. The van der Waals surface area contributed by atoms with Crippen molar-refractivity contribution in [2.75, 3.05) is 13.2 Å². The van der Waals surface area contributed by atoms with Crippen LogP contribution in [0, 0.1) is 11.3 Å². The average molecular weight is 262 g/mol. The summed E-state index contributed by atoms with van der Waals surface area (Å²) in [4.78, 5) is 0. The summed E-state index contributed by atoms with van der Waals surface area (Å²) in [5.74, 6) is 0.791. The minimum atomic E-state index is -0.473. The van der Waals surface area contributed by atoms with Crippen molar-refractivity contribution in [3.05, 3.63) is 29.8 Å². The summed E-state index contributed by atoms with van der Waals surface area (Å²) in [6.07, 6.45) is 1.57. The Kier molecular flexibility index (Phi) is 6.34. The number of hydrogen-bond acceptors (Lipinski definition) is 4. The summed E-state index contributed by atoms with van der Waals surface area (Å²) >= 11 is 0. The number of nitriles is 1. The minimum absolute atomic E-state index is 0.0451. The topological polar surface area (TPSA) is 65.3 Å². The molecule has 0 radical (unpaired) electrons. The molecule has 0 saturated heterocycles. The second-order valence-corrected chi connectivity index (χ2v) is 4.73. The first-order valence-corrected chi connectivity index (χ1v) is 6.62. The van der Waals surface area contributed by atoms with Crippen LogP contribution in [0.1, 0.15) is 32.3 Å². The summed E-state index contributed by atoms with van der Waals surface area (Å²) in [6, 6.07) is 9.67. The zero-order chi connectivity index (χ0) is 14.1. The molecule has 0 aromatic heterocycles. The number of hydrogen-bond donors (Lipinski definition) is 2. The molecule has 0 amide bonds. The van der Waals surface area contributed by atoms with Crippen LogP contribution in [0.3, 0.4) is 0 Å². The van der Waals surface area contributed by atoms with Gasteiger partial charge in [0.15, 0.2) is 0 Å². The van der Waals surface area contributed by atoms with E-state index in [1.54, 1.807) is 0 Å². The number of aliphatic hydroxyl groups excluding tert-OH is 1. The van der Waals surface area contributed by atoms with Crippen molar-refractivity contribution in [3.63, 3.8) is 0 Å². The van der Waals surface area contributed by atoms with Gasteiger partial charge in [-0.25, -0.2) is 0 Å². The molecule has 0 fully saturated rings. The molecular formula is C15H22N2O2. The van der Waals surface area contributed by atoms with Crippen LogP contribution in [0.15, 0.2) is 24.3 Å². The third-order valence-corrected chi connectivity index (χ3v) is 3.01. The van der Waals surface area contributed by atoms with Crippen LogP contribution in [-0.4, -0.2) is 23.8 Å². The minimum Gasteiger partial charge on any atom is -0.494 e. The number of ether oxygens (including phenoxy) is 1. The molecule has 1 aromatic carbocycles. The number of benzene rings is 1. The van der Waals surface area contributed by atoms with Gasteiger partial charge in [-0.3, -0.25) is 5.32 Å². The van der Waals surface area contributed by atoms with Crippen molar-refractivity contribution >= 4 is 0 Å². The van der Waals surface area contributed by atoms with Crippen molar-refractivity contribution in [1.82, 2.24) is 5.32 Å². The van der Waals surface area contributed by atoms with Gasteiger partial charge >= 0.3 is 0 Å². The van der Waals surface area contributed by atoms with Crippen molar-refractivity contribution in [2.24, 2.45) is 0 Å². The Bertz CT molecular complexity index is 411. The number of aliphatic hydroxyl groups is 1. The summed E-state index contributed by atoms with van der Waals surface area (Å²) in [7, 11) is 0. The lowest BCUT2D eigenvalue weighted by Crippen LogP contribution is -2.40. The quantitative estimate of drug-likeness (QED) is 0.705. The Morgan fingerprint density at radius 2 is 2.05 bits per heavy atom. The lowest BCUT2D eigenvalue weighted by molar-refractivity contribution is 0.279. The van der Waals surface area contributed by atoms with E-state index in [2.05, 4.69) is 11.4 Å². The fraction of sp³-hybridized carbons (Fsp3) is 0.533. The van der Waals surface area contributed by atoms with Gasteiger partial charge in [-0.15, -0.1) is 0 Å². The maximum absolute atomic E-state index is 9.11. The predicted octanol–water partition coefficient (Wildman–Crippen LogP) is 2.23. The van der Waals surface area contributed by atoms with E-state index in [1.165, 1.54) is 0 Å². The molecule has 104 valence electrons. The molecule has 1 rings (SSSR count). The second kappa shape index (κ2) is 7.78. The molecule has 0 aliphatic heterocycles. The van der Waals surface area contributed by atoms with Crippen LogP contribution in [0.2, 0.25) is 0 Å². The van der Waals surface area contributed by atoms with Gasteiger partial charge in [0.25, 0.3) is 0 Å². The van der Waals surface area contributed by atoms with Gasteiger partial charge in [-0.1, -0.05) is 19.1 Å². The van der Waals surface area contributed by atoms with Gasteiger partial charge < -0.3 is 9.84 Å². The average Bonchev–Trinajstić information content (AvgIpc) is 2.44. The van der Waals surface area contributed by atoms with Gasteiger partial charge in [-0.05, 0) is 44.0 Å². The van der Waals surface area contributed by atoms with E-state index in [-0.39, 0.29) is 6.61 Å². The molecule has 19 heavy (non-hydrogen) atoms. The molecule has 0 bridgehead atoms. The van der Waals surface area contributed by atoms with Gasteiger partial charge in [0, 0.05) is 0 Å². The first-order valence-electron chi connectivity index (χ1n) is 6.62. The van der Waals surface area contributed by atoms with E-state index in [4.69, 9.17) is 15.1 Å². The Morgan fingerprint density at radius 3 is 2.58 bits per heavy atom. The highest BCUT2D eigenvalue weighted by molar-refractivity contribution is 5.26. The van der Waals surface area contributed by atoms with Crippen molar-refractivity contribution < 1.29 is 9.84 Å². The second-order valence-electron chi connectivity index (χ2n) is 4.73. The third-order valence-electron chi connectivity index (χ3n) is 3.01. The van der Waals surface area contributed by atoms with Crippen LogP contribution in [-0.2, 0) is 6.61 Å². The van der Waals surface area contributed by atoms with Crippen molar-refractivity contribution in [2.45, 2.75) is 38.8 Å². The van der Waals surface area contributed by atoms with Crippen molar-refractivity contribution in [1.29, 1.82) is 5.26 Å². The molecule has 0 aliphatic carbocycles. The van der Waals surface area contributed by atoms with Crippen LogP contribution in [0.4, 0.5) is 0 Å². The SMILES string of the molecule is CCNC(C)(C#N)CCCOc1ccc(CO)cc1.